The topological polar surface area (TPSA) is 49.8 Å². The molecule has 4 nitrogen and oxygen atoms in total. The quantitative estimate of drug-likeness (QED) is 0.796. The molecule has 0 aromatic heterocycles. The molecular weight excluding hydrogens is 242 g/mol. The predicted octanol–water partition coefficient (Wildman–Crippen LogP) is 2.94. The zero-order valence-corrected chi connectivity index (χ0v) is 12.8. The van der Waals surface area contributed by atoms with Gasteiger partial charge in [0.1, 0.15) is 5.60 Å². The number of aliphatic hydroxyl groups is 1. The summed E-state index contributed by atoms with van der Waals surface area (Å²) in [5, 5.41) is 10.5. The van der Waals surface area contributed by atoms with E-state index in [0.717, 1.165) is 25.7 Å². The Morgan fingerprint density at radius 1 is 1.21 bits per heavy atom. The maximum absolute atomic E-state index is 12.3. The van der Waals surface area contributed by atoms with E-state index in [1.165, 1.54) is 0 Å². The highest BCUT2D eigenvalue weighted by molar-refractivity contribution is 5.69. The van der Waals surface area contributed by atoms with Crippen molar-refractivity contribution in [2.45, 2.75) is 77.5 Å². The first-order valence-electron chi connectivity index (χ1n) is 7.26. The molecule has 1 aliphatic carbocycles. The summed E-state index contributed by atoms with van der Waals surface area (Å²) in [4.78, 5) is 14.1. The van der Waals surface area contributed by atoms with Crippen LogP contribution in [0.5, 0.6) is 0 Å². The average molecular weight is 269 g/mol. The second-order valence-corrected chi connectivity index (χ2v) is 7.68. The SMILES string of the molecule is CC(C)(C)OC(=O)N1CC2(C(C)(C)O)CCC1CC2. The third-order valence-corrected chi connectivity index (χ3v) is 4.75. The number of nitrogens with zero attached hydrogens (tertiary/aromatic N) is 1. The first kappa shape index (κ1) is 14.6. The Kier molecular flexibility index (Phi) is 3.37. The summed E-state index contributed by atoms with van der Waals surface area (Å²) in [5.41, 5.74) is -1.38. The highest BCUT2D eigenvalue weighted by atomic mass is 16.6. The molecule has 0 unspecified atom stereocenters. The number of hydrogen-bond acceptors (Lipinski definition) is 3. The molecule has 2 aliphatic heterocycles. The average Bonchev–Trinajstić information content (AvgIpc) is 2.26. The molecule has 19 heavy (non-hydrogen) atoms. The minimum absolute atomic E-state index is 0.168. The van der Waals surface area contributed by atoms with Crippen molar-refractivity contribution in [1.82, 2.24) is 4.90 Å². The van der Waals surface area contributed by atoms with Crippen LogP contribution in [0.4, 0.5) is 4.79 Å². The van der Waals surface area contributed by atoms with E-state index in [-0.39, 0.29) is 11.5 Å². The van der Waals surface area contributed by atoms with Crippen molar-refractivity contribution in [2.75, 3.05) is 6.54 Å². The number of amides is 1. The van der Waals surface area contributed by atoms with Crippen molar-refractivity contribution >= 4 is 6.09 Å². The van der Waals surface area contributed by atoms with Gasteiger partial charge in [-0.3, -0.25) is 0 Å². The standard InChI is InChI=1S/C15H27NO3/c1-13(2,3)19-12(17)16-10-15(14(4,5)18)8-6-11(16)7-9-15/h11,18H,6-10H2,1-5H3. The molecule has 3 rings (SSSR count). The first-order valence-corrected chi connectivity index (χ1v) is 7.26. The van der Waals surface area contributed by atoms with Crippen molar-refractivity contribution in [3.05, 3.63) is 0 Å². The van der Waals surface area contributed by atoms with Crippen LogP contribution in [-0.2, 0) is 4.74 Å². The van der Waals surface area contributed by atoms with E-state index in [0.29, 0.717) is 12.6 Å². The van der Waals surface area contributed by atoms with Crippen molar-refractivity contribution < 1.29 is 14.6 Å². The number of fused-ring (bicyclic) bond motifs is 3. The molecule has 0 spiro atoms. The maximum Gasteiger partial charge on any atom is 0.410 e. The number of carbonyl (C=O) groups is 1. The molecule has 0 aromatic carbocycles. The van der Waals surface area contributed by atoms with E-state index < -0.39 is 11.2 Å². The number of carbonyl (C=O) groups excluding carboxylic acids is 1. The van der Waals surface area contributed by atoms with Crippen molar-refractivity contribution in [1.29, 1.82) is 0 Å². The summed E-state index contributed by atoms with van der Waals surface area (Å²) in [7, 11) is 0. The minimum atomic E-state index is -0.751. The molecule has 1 saturated carbocycles. The van der Waals surface area contributed by atoms with Gasteiger partial charge in [0.25, 0.3) is 0 Å². The lowest BCUT2D eigenvalue weighted by Crippen LogP contribution is -2.63. The smallest absolute Gasteiger partial charge is 0.410 e. The molecule has 2 saturated heterocycles. The van der Waals surface area contributed by atoms with E-state index >= 15 is 0 Å². The van der Waals surface area contributed by atoms with E-state index in [2.05, 4.69) is 0 Å². The van der Waals surface area contributed by atoms with Crippen LogP contribution in [0.15, 0.2) is 0 Å². The van der Waals surface area contributed by atoms with Crippen molar-refractivity contribution in [3.8, 4) is 0 Å². The Hall–Kier alpha value is -0.770. The molecule has 2 heterocycles. The first-order chi connectivity index (χ1) is 8.54. The fourth-order valence-electron chi connectivity index (χ4n) is 3.42. The molecule has 1 amide bonds. The maximum atomic E-state index is 12.3. The molecule has 2 bridgehead atoms. The number of piperidine rings is 2. The van der Waals surface area contributed by atoms with Gasteiger partial charge >= 0.3 is 6.09 Å². The molecule has 0 radical (unpaired) electrons. The minimum Gasteiger partial charge on any atom is -0.444 e. The second-order valence-electron chi connectivity index (χ2n) is 7.68. The zero-order chi connectivity index (χ0) is 14.5. The molecule has 110 valence electrons. The van der Waals surface area contributed by atoms with E-state index in [1.54, 1.807) is 0 Å². The van der Waals surface area contributed by atoms with Crippen molar-refractivity contribution in [2.24, 2.45) is 5.41 Å². The molecule has 1 N–H and O–H groups in total. The Morgan fingerprint density at radius 3 is 2.16 bits per heavy atom. The largest absolute Gasteiger partial charge is 0.444 e. The van der Waals surface area contributed by atoms with Crippen LogP contribution in [0.3, 0.4) is 0 Å². The summed E-state index contributed by atoms with van der Waals surface area (Å²) >= 11 is 0. The van der Waals surface area contributed by atoms with Gasteiger partial charge in [0.05, 0.1) is 5.60 Å². The monoisotopic (exact) mass is 269 g/mol. The lowest BCUT2D eigenvalue weighted by Gasteiger charge is -2.57. The van der Waals surface area contributed by atoms with Crippen LogP contribution in [0, 0.1) is 5.41 Å². The fraction of sp³-hybridized carbons (Fsp3) is 0.933. The molecular formula is C15H27NO3. The van der Waals surface area contributed by atoms with Crippen molar-refractivity contribution in [3.63, 3.8) is 0 Å². The Labute approximate surface area is 116 Å². The predicted molar refractivity (Wildman–Crippen MR) is 73.9 cm³/mol. The third-order valence-electron chi connectivity index (χ3n) is 4.75. The van der Waals surface area contributed by atoms with Gasteiger partial charge in [-0.15, -0.1) is 0 Å². The highest BCUT2D eigenvalue weighted by Crippen LogP contribution is 2.51. The van der Waals surface area contributed by atoms with E-state index in [9.17, 15) is 9.90 Å². The number of rotatable bonds is 1. The van der Waals surface area contributed by atoms with Crippen LogP contribution >= 0.6 is 0 Å². The summed E-state index contributed by atoms with van der Waals surface area (Å²) in [6, 6.07) is 0.291. The second kappa shape index (κ2) is 4.37. The Balaban J connectivity index is 2.15. The highest BCUT2D eigenvalue weighted by Gasteiger charge is 2.54. The van der Waals surface area contributed by atoms with E-state index in [4.69, 9.17) is 4.74 Å². The molecule has 3 fully saturated rings. The van der Waals surface area contributed by atoms with Crippen LogP contribution in [0.2, 0.25) is 0 Å². The number of ether oxygens (including phenoxy) is 1. The van der Waals surface area contributed by atoms with Crippen LogP contribution < -0.4 is 0 Å². The summed E-state index contributed by atoms with van der Waals surface area (Å²) in [6.45, 7) is 10.0. The van der Waals surface area contributed by atoms with Gasteiger partial charge in [0, 0.05) is 18.0 Å². The zero-order valence-electron chi connectivity index (χ0n) is 12.8. The fourth-order valence-corrected chi connectivity index (χ4v) is 3.42. The lowest BCUT2D eigenvalue weighted by atomic mass is 9.60. The molecule has 0 atom stereocenters. The molecule has 0 aromatic rings. The summed E-state index contributed by atoms with van der Waals surface area (Å²) in [6.07, 6.45) is 3.72. The normalized spacial score (nSPS) is 31.5. The summed E-state index contributed by atoms with van der Waals surface area (Å²) in [5.74, 6) is 0. The Bertz CT molecular complexity index is 357. The van der Waals surface area contributed by atoms with Gasteiger partial charge in [-0.05, 0) is 60.3 Å². The summed E-state index contributed by atoms with van der Waals surface area (Å²) < 4.78 is 5.49. The van der Waals surface area contributed by atoms with Crippen LogP contribution in [0.25, 0.3) is 0 Å². The van der Waals surface area contributed by atoms with Gasteiger partial charge in [-0.2, -0.15) is 0 Å². The van der Waals surface area contributed by atoms with Crippen LogP contribution in [0.1, 0.15) is 60.3 Å². The van der Waals surface area contributed by atoms with Gasteiger partial charge in [-0.25, -0.2) is 4.79 Å². The van der Waals surface area contributed by atoms with Crippen LogP contribution in [-0.4, -0.2) is 39.9 Å². The van der Waals surface area contributed by atoms with Gasteiger partial charge < -0.3 is 14.7 Å². The molecule has 4 heteroatoms. The van der Waals surface area contributed by atoms with Gasteiger partial charge in [0.2, 0.25) is 0 Å². The third kappa shape index (κ3) is 2.73. The van der Waals surface area contributed by atoms with Gasteiger partial charge in [-0.1, -0.05) is 0 Å². The van der Waals surface area contributed by atoms with E-state index in [1.807, 2.05) is 39.5 Å². The number of hydrogen-bond donors (Lipinski definition) is 1. The molecule has 3 aliphatic rings. The lowest BCUT2D eigenvalue weighted by molar-refractivity contribution is -0.136. The van der Waals surface area contributed by atoms with Gasteiger partial charge in [0.15, 0.2) is 0 Å². The Morgan fingerprint density at radius 2 is 1.74 bits per heavy atom.